The SMILES string of the molecule is CCCCCCOc1ccc(C(=O)NCCCC)cc1Br. The van der Waals surface area contributed by atoms with Crippen LogP contribution in [0.3, 0.4) is 0 Å². The molecule has 3 nitrogen and oxygen atoms in total. The summed E-state index contributed by atoms with van der Waals surface area (Å²) in [5, 5.41) is 2.91. The van der Waals surface area contributed by atoms with E-state index < -0.39 is 0 Å². The first-order valence-corrected chi connectivity index (χ1v) is 8.68. The highest BCUT2D eigenvalue weighted by molar-refractivity contribution is 9.10. The van der Waals surface area contributed by atoms with Gasteiger partial charge < -0.3 is 10.1 Å². The molecule has 1 N–H and O–H groups in total. The molecule has 0 aliphatic carbocycles. The molecular formula is C17H26BrNO2. The van der Waals surface area contributed by atoms with Gasteiger partial charge in [-0.15, -0.1) is 0 Å². The monoisotopic (exact) mass is 355 g/mol. The molecule has 0 aliphatic rings. The summed E-state index contributed by atoms with van der Waals surface area (Å²) < 4.78 is 6.57. The molecule has 21 heavy (non-hydrogen) atoms. The lowest BCUT2D eigenvalue weighted by molar-refractivity contribution is 0.0953. The van der Waals surface area contributed by atoms with E-state index in [0.29, 0.717) is 5.56 Å². The molecule has 1 aromatic rings. The Morgan fingerprint density at radius 1 is 1.14 bits per heavy atom. The van der Waals surface area contributed by atoms with Crippen LogP contribution in [0.25, 0.3) is 0 Å². The molecule has 0 fully saturated rings. The number of carbonyl (C=O) groups is 1. The van der Waals surface area contributed by atoms with E-state index in [-0.39, 0.29) is 5.91 Å². The predicted octanol–water partition coefficient (Wildman–Crippen LogP) is 4.94. The lowest BCUT2D eigenvalue weighted by Crippen LogP contribution is -2.24. The van der Waals surface area contributed by atoms with Crippen LogP contribution in [0.4, 0.5) is 0 Å². The molecule has 118 valence electrons. The van der Waals surface area contributed by atoms with Gasteiger partial charge in [-0.25, -0.2) is 0 Å². The minimum atomic E-state index is -0.0290. The Morgan fingerprint density at radius 3 is 2.57 bits per heavy atom. The maximum atomic E-state index is 11.9. The zero-order chi connectivity index (χ0) is 15.5. The number of ether oxygens (including phenoxy) is 1. The number of unbranched alkanes of at least 4 members (excludes halogenated alkanes) is 4. The van der Waals surface area contributed by atoms with Gasteiger partial charge in [0, 0.05) is 12.1 Å². The van der Waals surface area contributed by atoms with Crippen molar-refractivity contribution in [1.29, 1.82) is 0 Å². The summed E-state index contributed by atoms with van der Waals surface area (Å²) in [6, 6.07) is 5.49. The number of hydrogen-bond acceptors (Lipinski definition) is 2. The Bertz CT molecular complexity index is 435. The van der Waals surface area contributed by atoms with Crippen molar-refractivity contribution in [3.8, 4) is 5.75 Å². The van der Waals surface area contributed by atoms with E-state index in [4.69, 9.17) is 4.74 Å². The minimum Gasteiger partial charge on any atom is -0.492 e. The third kappa shape index (κ3) is 6.98. The first-order chi connectivity index (χ1) is 10.2. The van der Waals surface area contributed by atoms with Gasteiger partial charge in [-0.1, -0.05) is 39.5 Å². The van der Waals surface area contributed by atoms with Crippen molar-refractivity contribution in [3.63, 3.8) is 0 Å². The van der Waals surface area contributed by atoms with Gasteiger partial charge >= 0.3 is 0 Å². The molecule has 1 rings (SSSR count). The fourth-order valence-electron chi connectivity index (χ4n) is 1.95. The molecule has 0 unspecified atom stereocenters. The Hall–Kier alpha value is -1.03. The van der Waals surface area contributed by atoms with Crippen LogP contribution in [0.1, 0.15) is 62.7 Å². The molecule has 4 heteroatoms. The molecular weight excluding hydrogens is 330 g/mol. The highest BCUT2D eigenvalue weighted by atomic mass is 79.9. The van der Waals surface area contributed by atoms with Gasteiger partial charge in [0.2, 0.25) is 0 Å². The minimum absolute atomic E-state index is 0.0290. The number of benzene rings is 1. The van der Waals surface area contributed by atoms with Crippen LogP contribution in [0.5, 0.6) is 5.75 Å². The first kappa shape index (κ1) is 18.0. The summed E-state index contributed by atoms with van der Waals surface area (Å²) in [7, 11) is 0. The molecule has 1 amide bonds. The Kier molecular flexibility index (Phi) is 9.15. The van der Waals surface area contributed by atoms with Crippen LogP contribution in [-0.4, -0.2) is 19.1 Å². The smallest absolute Gasteiger partial charge is 0.251 e. The number of rotatable bonds is 10. The van der Waals surface area contributed by atoms with Gasteiger partial charge in [-0.3, -0.25) is 4.79 Å². The Balaban J connectivity index is 2.45. The molecule has 0 saturated heterocycles. The standard InChI is InChI=1S/C17H26BrNO2/c1-3-5-7-8-12-21-16-10-9-14(13-15(16)18)17(20)19-11-6-4-2/h9-10,13H,3-8,11-12H2,1-2H3,(H,19,20). The number of carbonyl (C=O) groups excluding carboxylic acids is 1. The molecule has 0 spiro atoms. The van der Waals surface area contributed by atoms with Crippen LogP contribution in [0, 0.1) is 0 Å². The average molecular weight is 356 g/mol. The second kappa shape index (κ2) is 10.7. The van der Waals surface area contributed by atoms with Crippen molar-refractivity contribution in [1.82, 2.24) is 5.32 Å². The third-order valence-corrected chi connectivity index (χ3v) is 3.89. The van der Waals surface area contributed by atoms with Gasteiger partial charge in [0.25, 0.3) is 5.91 Å². The Morgan fingerprint density at radius 2 is 1.90 bits per heavy atom. The molecule has 0 bridgehead atoms. The number of amides is 1. The highest BCUT2D eigenvalue weighted by Crippen LogP contribution is 2.26. The number of halogens is 1. The number of nitrogens with one attached hydrogen (secondary N) is 1. The van der Waals surface area contributed by atoms with Gasteiger partial charge in [0.15, 0.2) is 0 Å². The fraction of sp³-hybridized carbons (Fsp3) is 0.588. The summed E-state index contributed by atoms with van der Waals surface area (Å²) in [5.74, 6) is 0.773. The van der Waals surface area contributed by atoms with Crippen LogP contribution < -0.4 is 10.1 Å². The van der Waals surface area contributed by atoms with E-state index in [2.05, 4.69) is 35.1 Å². The second-order valence-electron chi connectivity index (χ2n) is 5.16. The molecule has 0 aromatic heterocycles. The number of hydrogen-bond donors (Lipinski definition) is 1. The van der Waals surface area contributed by atoms with E-state index in [1.807, 2.05) is 18.2 Å². The van der Waals surface area contributed by atoms with Gasteiger partial charge in [-0.05, 0) is 47.0 Å². The van der Waals surface area contributed by atoms with E-state index in [1.54, 1.807) is 0 Å². The zero-order valence-electron chi connectivity index (χ0n) is 13.1. The zero-order valence-corrected chi connectivity index (χ0v) is 14.7. The molecule has 0 saturated carbocycles. The van der Waals surface area contributed by atoms with Crippen LogP contribution in [-0.2, 0) is 0 Å². The molecule has 0 atom stereocenters. The quantitative estimate of drug-likeness (QED) is 0.603. The third-order valence-electron chi connectivity index (χ3n) is 3.27. The molecule has 0 aliphatic heterocycles. The summed E-state index contributed by atoms with van der Waals surface area (Å²) in [5.41, 5.74) is 0.663. The topological polar surface area (TPSA) is 38.3 Å². The normalized spacial score (nSPS) is 10.4. The van der Waals surface area contributed by atoms with Gasteiger partial charge in [0.05, 0.1) is 11.1 Å². The fourth-order valence-corrected chi connectivity index (χ4v) is 2.44. The van der Waals surface area contributed by atoms with Gasteiger partial charge in [-0.2, -0.15) is 0 Å². The van der Waals surface area contributed by atoms with Crippen molar-refractivity contribution in [3.05, 3.63) is 28.2 Å². The molecule has 0 heterocycles. The lowest BCUT2D eigenvalue weighted by atomic mass is 10.2. The maximum Gasteiger partial charge on any atom is 0.251 e. The summed E-state index contributed by atoms with van der Waals surface area (Å²) in [6.07, 6.45) is 6.83. The molecule has 1 aromatic carbocycles. The summed E-state index contributed by atoms with van der Waals surface area (Å²) in [6.45, 7) is 5.75. The van der Waals surface area contributed by atoms with Gasteiger partial charge in [0.1, 0.15) is 5.75 Å². The van der Waals surface area contributed by atoms with Crippen molar-refractivity contribution in [2.45, 2.75) is 52.4 Å². The van der Waals surface area contributed by atoms with Crippen LogP contribution in [0.15, 0.2) is 22.7 Å². The highest BCUT2D eigenvalue weighted by Gasteiger charge is 2.08. The Labute approximate surface area is 136 Å². The first-order valence-electron chi connectivity index (χ1n) is 7.89. The van der Waals surface area contributed by atoms with Crippen molar-refractivity contribution in [2.24, 2.45) is 0 Å². The van der Waals surface area contributed by atoms with Crippen LogP contribution in [0.2, 0.25) is 0 Å². The average Bonchev–Trinajstić information content (AvgIpc) is 2.48. The summed E-state index contributed by atoms with van der Waals surface area (Å²) >= 11 is 3.48. The van der Waals surface area contributed by atoms with E-state index in [1.165, 1.54) is 19.3 Å². The summed E-state index contributed by atoms with van der Waals surface area (Å²) in [4.78, 5) is 11.9. The maximum absolute atomic E-state index is 11.9. The second-order valence-corrected chi connectivity index (χ2v) is 6.02. The van der Waals surface area contributed by atoms with E-state index >= 15 is 0 Å². The van der Waals surface area contributed by atoms with E-state index in [0.717, 1.165) is 42.6 Å². The predicted molar refractivity (Wildman–Crippen MR) is 91.0 cm³/mol. The van der Waals surface area contributed by atoms with Crippen LogP contribution >= 0.6 is 15.9 Å². The van der Waals surface area contributed by atoms with Crippen molar-refractivity contribution >= 4 is 21.8 Å². The largest absolute Gasteiger partial charge is 0.492 e. The lowest BCUT2D eigenvalue weighted by Gasteiger charge is -2.10. The molecule has 0 radical (unpaired) electrons. The van der Waals surface area contributed by atoms with Crippen molar-refractivity contribution < 1.29 is 9.53 Å². The van der Waals surface area contributed by atoms with Crippen molar-refractivity contribution in [2.75, 3.05) is 13.2 Å². The van der Waals surface area contributed by atoms with E-state index in [9.17, 15) is 4.79 Å².